The monoisotopic (exact) mass is 245 g/mol. The second-order valence-electron chi connectivity index (χ2n) is 4.93. The van der Waals surface area contributed by atoms with E-state index in [2.05, 4.69) is 43.5 Å². The lowest BCUT2D eigenvalue weighted by Gasteiger charge is -2.12. The molecular formula is C15H23N3. The molecule has 98 valence electrons. The Labute approximate surface area is 109 Å². The molecule has 18 heavy (non-hydrogen) atoms. The minimum Gasteiger partial charge on any atom is -0.328 e. The van der Waals surface area contributed by atoms with Gasteiger partial charge in [-0.2, -0.15) is 0 Å². The van der Waals surface area contributed by atoms with Crippen molar-refractivity contribution in [3.8, 4) is 0 Å². The lowest BCUT2D eigenvalue weighted by molar-refractivity contribution is 0.586. The van der Waals surface area contributed by atoms with Crippen LogP contribution in [0.1, 0.15) is 50.9 Å². The van der Waals surface area contributed by atoms with E-state index in [0.29, 0.717) is 12.5 Å². The molecule has 0 aliphatic rings. The fourth-order valence-electron chi connectivity index (χ4n) is 2.59. The molecule has 1 heterocycles. The van der Waals surface area contributed by atoms with Crippen LogP contribution in [0.5, 0.6) is 0 Å². The highest BCUT2D eigenvalue weighted by Gasteiger charge is 2.15. The highest BCUT2D eigenvalue weighted by atomic mass is 15.1. The van der Waals surface area contributed by atoms with E-state index in [0.717, 1.165) is 17.6 Å². The number of nitrogens with two attached hydrogens (primary N) is 1. The number of hydrogen-bond donors (Lipinski definition) is 1. The van der Waals surface area contributed by atoms with Crippen LogP contribution in [0.4, 0.5) is 0 Å². The van der Waals surface area contributed by atoms with E-state index in [1.54, 1.807) is 0 Å². The topological polar surface area (TPSA) is 43.8 Å². The number of benzene rings is 1. The summed E-state index contributed by atoms with van der Waals surface area (Å²) in [6.07, 6.45) is 2.38. The maximum absolute atomic E-state index is 5.69. The SMILES string of the molecule is CCCC(C)c1nc2cc(CN)ccc2n1CC. The van der Waals surface area contributed by atoms with Gasteiger partial charge in [-0.1, -0.05) is 26.3 Å². The molecule has 1 atom stereocenters. The minimum atomic E-state index is 0.517. The van der Waals surface area contributed by atoms with Gasteiger partial charge in [0, 0.05) is 19.0 Å². The average Bonchev–Trinajstić information content (AvgIpc) is 2.76. The van der Waals surface area contributed by atoms with Crippen LogP contribution in [0.3, 0.4) is 0 Å². The third-order valence-corrected chi connectivity index (χ3v) is 3.56. The smallest absolute Gasteiger partial charge is 0.112 e. The van der Waals surface area contributed by atoms with Crippen molar-refractivity contribution in [3.63, 3.8) is 0 Å². The number of rotatable bonds is 5. The summed E-state index contributed by atoms with van der Waals surface area (Å²) >= 11 is 0. The Morgan fingerprint density at radius 3 is 2.72 bits per heavy atom. The van der Waals surface area contributed by atoms with Crippen molar-refractivity contribution >= 4 is 11.0 Å². The molecular weight excluding hydrogens is 222 g/mol. The van der Waals surface area contributed by atoms with Crippen LogP contribution in [0.2, 0.25) is 0 Å². The van der Waals surface area contributed by atoms with E-state index >= 15 is 0 Å². The Balaban J connectivity index is 2.52. The highest BCUT2D eigenvalue weighted by molar-refractivity contribution is 5.77. The summed E-state index contributed by atoms with van der Waals surface area (Å²) in [6.45, 7) is 8.22. The van der Waals surface area contributed by atoms with Crippen LogP contribution in [-0.2, 0) is 13.1 Å². The summed E-state index contributed by atoms with van der Waals surface area (Å²) in [7, 11) is 0. The number of aryl methyl sites for hydroxylation is 1. The van der Waals surface area contributed by atoms with Crippen LogP contribution >= 0.6 is 0 Å². The second-order valence-corrected chi connectivity index (χ2v) is 4.93. The van der Waals surface area contributed by atoms with Crippen molar-refractivity contribution in [1.29, 1.82) is 0 Å². The van der Waals surface area contributed by atoms with Crippen LogP contribution < -0.4 is 5.73 Å². The molecule has 1 unspecified atom stereocenters. The molecule has 0 aliphatic carbocycles. The van der Waals surface area contributed by atoms with Gasteiger partial charge in [0.1, 0.15) is 5.82 Å². The Morgan fingerprint density at radius 2 is 2.11 bits per heavy atom. The zero-order chi connectivity index (χ0) is 13.1. The van der Waals surface area contributed by atoms with Gasteiger partial charge < -0.3 is 10.3 Å². The summed E-state index contributed by atoms with van der Waals surface area (Å²) in [5.41, 5.74) is 9.15. The molecule has 0 aliphatic heterocycles. The van der Waals surface area contributed by atoms with E-state index in [1.165, 1.54) is 24.2 Å². The Morgan fingerprint density at radius 1 is 1.33 bits per heavy atom. The molecule has 2 N–H and O–H groups in total. The number of fused-ring (bicyclic) bond motifs is 1. The standard InChI is InChI=1S/C15H23N3/c1-4-6-11(3)15-17-13-9-12(10-16)7-8-14(13)18(15)5-2/h7-9,11H,4-6,10,16H2,1-3H3. The van der Waals surface area contributed by atoms with Gasteiger partial charge in [0.15, 0.2) is 0 Å². The highest BCUT2D eigenvalue weighted by Crippen LogP contribution is 2.25. The van der Waals surface area contributed by atoms with Crippen LogP contribution in [0.15, 0.2) is 18.2 Å². The number of hydrogen-bond acceptors (Lipinski definition) is 2. The lowest BCUT2D eigenvalue weighted by atomic mass is 10.1. The molecule has 2 aromatic rings. The molecule has 0 amide bonds. The van der Waals surface area contributed by atoms with E-state index in [1.807, 2.05) is 0 Å². The predicted octanol–water partition coefficient (Wildman–Crippen LogP) is 3.42. The summed E-state index contributed by atoms with van der Waals surface area (Å²) < 4.78 is 2.33. The molecule has 0 saturated heterocycles. The van der Waals surface area contributed by atoms with Gasteiger partial charge in [0.2, 0.25) is 0 Å². The molecule has 3 nitrogen and oxygen atoms in total. The van der Waals surface area contributed by atoms with Crippen molar-refractivity contribution < 1.29 is 0 Å². The van der Waals surface area contributed by atoms with Crippen LogP contribution in [-0.4, -0.2) is 9.55 Å². The van der Waals surface area contributed by atoms with Crippen molar-refractivity contribution in [2.24, 2.45) is 5.73 Å². The number of aromatic nitrogens is 2. The van der Waals surface area contributed by atoms with Gasteiger partial charge in [-0.25, -0.2) is 4.98 Å². The summed E-state index contributed by atoms with van der Waals surface area (Å²) in [5.74, 6) is 1.73. The quantitative estimate of drug-likeness (QED) is 0.877. The Hall–Kier alpha value is -1.35. The van der Waals surface area contributed by atoms with Crippen molar-refractivity contribution in [2.75, 3.05) is 0 Å². The molecule has 0 spiro atoms. The molecule has 2 rings (SSSR count). The van der Waals surface area contributed by atoms with Crippen LogP contribution in [0, 0.1) is 0 Å². The predicted molar refractivity (Wildman–Crippen MR) is 76.6 cm³/mol. The maximum atomic E-state index is 5.69. The third kappa shape index (κ3) is 2.27. The van der Waals surface area contributed by atoms with Gasteiger partial charge in [0.25, 0.3) is 0 Å². The summed E-state index contributed by atoms with van der Waals surface area (Å²) in [6, 6.07) is 6.37. The normalized spacial score (nSPS) is 13.1. The first kappa shape index (κ1) is 13.1. The first-order chi connectivity index (χ1) is 8.71. The van der Waals surface area contributed by atoms with Crippen LogP contribution in [0.25, 0.3) is 11.0 Å². The molecule has 1 aromatic heterocycles. The van der Waals surface area contributed by atoms with Crippen molar-refractivity contribution in [2.45, 2.75) is 52.6 Å². The fourth-order valence-corrected chi connectivity index (χ4v) is 2.59. The third-order valence-electron chi connectivity index (χ3n) is 3.56. The maximum Gasteiger partial charge on any atom is 0.112 e. The van der Waals surface area contributed by atoms with Gasteiger partial charge in [0.05, 0.1) is 11.0 Å². The Bertz CT molecular complexity index is 528. The summed E-state index contributed by atoms with van der Waals surface area (Å²) in [4.78, 5) is 4.82. The zero-order valence-corrected chi connectivity index (χ0v) is 11.6. The molecule has 3 heteroatoms. The van der Waals surface area contributed by atoms with Crippen molar-refractivity contribution in [1.82, 2.24) is 9.55 Å². The molecule has 0 saturated carbocycles. The summed E-state index contributed by atoms with van der Waals surface area (Å²) in [5, 5.41) is 0. The lowest BCUT2D eigenvalue weighted by Crippen LogP contribution is -2.05. The molecule has 0 bridgehead atoms. The largest absolute Gasteiger partial charge is 0.328 e. The molecule has 0 radical (unpaired) electrons. The average molecular weight is 245 g/mol. The number of nitrogens with zero attached hydrogens (tertiary/aromatic N) is 2. The van der Waals surface area contributed by atoms with Crippen molar-refractivity contribution in [3.05, 3.63) is 29.6 Å². The molecule has 0 fully saturated rings. The second kappa shape index (κ2) is 5.53. The van der Waals surface area contributed by atoms with Gasteiger partial charge in [-0.05, 0) is 31.0 Å². The Kier molecular flexibility index (Phi) is 4.02. The van der Waals surface area contributed by atoms with E-state index in [4.69, 9.17) is 10.7 Å². The van der Waals surface area contributed by atoms with E-state index in [-0.39, 0.29) is 0 Å². The first-order valence-corrected chi connectivity index (χ1v) is 6.90. The van der Waals surface area contributed by atoms with E-state index in [9.17, 15) is 0 Å². The first-order valence-electron chi connectivity index (χ1n) is 6.90. The van der Waals surface area contributed by atoms with E-state index < -0.39 is 0 Å². The fraction of sp³-hybridized carbons (Fsp3) is 0.533. The van der Waals surface area contributed by atoms with Gasteiger partial charge in [-0.15, -0.1) is 0 Å². The van der Waals surface area contributed by atoms with Gasteiger partial charge >= 0.3 is 0 Å². The minimum absolute atomic E-state index is 0.517. The van der Waals surface area contributed by atoms with Gasteiger partial charge in [-0.3, -0.25) is 0 Å². The zero-order valence-electron chi connectivity index (χ0n) is 11.6. The molecule has 1 aromatic carbocycles. The number of imidazole rings is 1.